The Morgan fingerprint density at radius 3 is 2.22 bits per heavy atom. The number of carbonyl (C=O) groups excluding carboxylic acids is 1. The molecule has 9 N–H and O–H groups in total. The van der Waals surface area contributed by atoms with Gasteiger partial charge in [0.1, 0.15) is 31.0 Å². The van der Waals surface area contributed by atoms with Gasteiger partial charge in [0.15, 0.2) is 29.0 Å². The van der Waals surface area contributed by atoms with E-state index in [0.717, 1.165) is 5.56 Å². The number of nitrogens with two attached hydrogens (primary N) is 2. The number of aliphatic imine (C=N–C) groups is 1. The predicted molar refractivity (Wildman–Crippen MR) is 177 cm³/mol. The highest BCUT2D eigenvalue weighted by Crippen LogP contribution is 2.39. The number of aliphatic hydroxyl groups is 3. The number of hydrogen-bond donors (Lipinski definition) is 7. The summed E-state index contributed by atoms with van der Waals surface area (Å²) in [5, 5.41) is 52.3. The smallest absolute Gasteiger partial charge is 0.338 e. The molecule has 3 aromatic rings. The van der Waals surface area contributed by atoms with Crippen molar-refractivity contribution < 1.29 is 63.5 Å². The maximum absolute atomic E-state index is 13.1. The summed E-state index contributed by atoms with van der Waals surface area (Å²) in [6.07, 6.45) is -7.20. The summed E-state index contributed by atoms with van der Waals surface area (Å²) < 4.78 is 33.4. The normalized spacial score (nSPS) is 20.0. The molecule has 1 saturated heterocycles. The first-order valence-electron chi connectivity index (χ1n) is 15.5. The van der Waals surface area contributed by atoms with E-state index in [4.69, 9.17) is 39.9 Å². The molecular formula is C34H41N3O13. The van der Waals surface area contributed by atoms with E-state index in [2.05, 4.69) is 4.99 Å². The van der Waals surface area contributed by atoms with Crippen LogP contribution in [0.4, 0.5) is 0 Å². The second-order valence-electron chi connectivity index (χ2n) is 11.2. The second kappa shape index (κ2) is 17.4. The van der Waals surface area contributed by atoms with Gasteiger partial charge in [0.05, 0.1) is 32.0 Å². The van der Waals surface area contributed by atoms with Gasteiger partial charge in [0.2, 0.25) is 12.0 Å². The molecule has 0 amide bonds. The molecule has 270 valence electrons. The SMILES string of the molecule is COc1cc(C(=O)OC[C@@H]2O[C@@H](Oc3c(CCCN=C(N)N)cc(C(=O)O)cc3OC)[C@H](O)[C@@H](O)[C@@H]2O)cc(OCCc2ccccc2)c1O. The number of aromatic hydroxyl groups is 1. The zero-order valence-electron chi connectivity index (χ0n) is 27.4. The molecule has 5 atom stereocenters. The zero-order chi connectivity index (χ0) is 36.4. The third kappa shape index (κ3) is 9.44. The minimum Gasteiger partial charge on any atom is -0.502 e. The van der Waals surface area contributed by atoms with E-state index in [1.807, 2.05) is 30.3 Å². The van der Waals surface area contributed by atoms with Crippen LogP contribution < -0.4 is 30.4 Å². The van der Waals surface area contributed by atoms with Gasteiger partial charge < -0.3 is 65.4 Å². The fourth-order valence-electron chi connectivity index (χ4n) is 5.13. The number of carboxylic acids is 1. The molecule has 4 rings (SSSR count). The third-order valence-electron chi connectivity index (χ3n) is 7.77. The molecule has 0 aromatic heterocycles. The topological polar surface area (TPSA) is 255 Å². The van der Waals surface area contributed by atoms with Crippen LogP contribution in [0.15, 0.2) is 59.6 Å². The number of carboxylic acid groups (broad SMARTS) is 1. The number of esters is 1. The van der Waals surface area contributed by atoms with Crippen molar-refractivity contribution in [1.29, 1.82) is 0 Å². The van der Waals surface area contributed by atoms with Crippen molar-refractivity contribution >= 4 is 17.9 Å². The average Bonchev–Trinajstić information content (AvgIpc) is 3.10. The van der Waals surface area contributed by atoms with Crippen LogP contribution in [0.2, 0.25) is 0 Å². The molecule has 1 heterocycles. The van der Waals surface area contributed by atoms with Gasteiger partial charge in [0.25, 0.3) is 0 Å². The highest BCUT2D eigenvalue weighted by atomic mass is 16.7. The lowest BCUT2D eigenvalue weighted by Crippen LogP contribution is -2.60. The Morgan fingerprint density at radius 1 is 0.880 bits per heavy atom. The van der Waals surface area contributed by atoms with E-state index in [9.17, 15) is 35.1 Å². The molecule has 0 bridgehead atoms. The van der Waals surface area contributed by atoms with E-state index >= 15 is 0 Å². The Bertz CT molecular complexity index is 1650. The van der Waals surface area contributed by atoms with Gasteiger partial charge in [0, 0.05) is 13.0 Å². The van der Waals surface area contributed by atoms with Crippen LogP contribution in [0, 0.1) is 0 Å². The fourth-order valence-corrected chi connectivity index (χ4v) is 5.13. The molecule has 1 fully saturated rings. The van der Waals surface area contributed by atoms with E-state index < -0.39 is 49.3 Å². The minimum atomic E-state index is -1.80. The van der Waals surface area contributed by atoms with Crippen molar-refractivity contribution in [3.05, 3.63) is 76.9 Å². The highest BCUT2D eigenvalue weighted by Gasteiger charge is 2.46. The minimum absolute atomic E-state index is 0.00145. The number of phenols is 1. The van der Waals surface area contributed by atoms with E-state index in [-0.39, 0.29) is 65.4 Å². The van der Waals surface area contributed by atoms with Crippen LogP contribution in [-0.4, -0.2) is 108 Å². The lowest BCUT2D eigenvalue weighted by Gasteiger charge is -2.40. The van der Waals surface area contributed by atoms with Gasteiger partial charge in [-0.05, 0) is 48.2 Å². The van der Waals surface area contributed by atoms with Crippen LogP contribution in [0.5, 0.6) is 28.7 Å². The van der Waals surface area contributed by atoms with Crippen LogP contribution in [0.3, 0.4) is 0 Å². The van der Waals surface area contributed by atoms with Crippen LogP contribution in [0.25, 0.3) is 0 Å². The van der Waals surface area contributed by atoms with E-state index in [0.29, 0.717) is 18.4 Å². The first-order chi connectivity index (χ1) is 23.9. The number of guanidine groups is 1. The molecule has 16 nitrogen and oxygen atoms in total. The fraction of sp³-hybridized carbons (Fsp3) is 0.382. The van der Waals surface area contributed by atoms with Gasteiger partial charge in [-0.2, -0.15) is 0 Å². The summed E-state index contributed by atoms with van der Waals surface area (Å²) in [6.45, 7) is -0.196. The standard InChI is InChI=1S/C34H41N3O13/c1-45-22-15-21(16-23(26(22)38)47-12-10-18-7-4-3-5-8-18)32(44)48-17-25-27(39)28(40)29(41)33(49-25)50-30-19(9-6-11-37-34(35)36)13-20(31(42)43)14-24(30)46-2/h3-5,7-8,13-16,25,27-29,33,38-41H,6,9-12,17H2,1-2H3,(H,42,43)(H4,35,36,37)/t25-,27+,28-,29+,33-/m0/s1. The number of methoxy groups -OCH3 is 2. The summed E-state index contributed by atoms with van der Waals surface area (Å²) >= 11 is 0. The molecule has 1 aliphatic rings. The maximum atomic E-state index is 13.1. The number of hydrogen-bond acceptors (Lipinski definition) is 13. The number of phenolic OH excluding ortho intramolecular Hbond substituents is 1. The number of aromatic carboxylic acids is 1. The number of nitrogens with zero attached hydrogens (tertiary/aromatic N) is 1. The maximum Gasteiger partial charge on any atom is 0.338 e. The molecule has 0 aliphatic carbocycles. The largest absolute Gasteiger partial charge is 0.502 e. The number of benzene rings is 3. The molecule has 1 aliphatic heterocycles. The number of aliphatic hydroxyl groups excluding tert-OH is 3. The molecule has 3 aromatic carbocycles. The molecule has 0 saturated carbocycles. The van der Waals surface area contributed by atoms with Crippen molar-refractivity contribution in [1.82, 2.24) is 0 Å². The van der Waals surface area contributed by atoms with Crippen molar-refractivity contribution in [2.45, 2.75) is 50.0 Å². The summed E-state index contributed by atoms with van der Waals surface area (Å²) in [4.78, 5) is 28.8. The summed E-state index contributed by atoms with van der Waals surface area (Å²) in [6, 6.07) is 14.6. The Labute approximate surface area is 287 Å². The lowest BCUT2D eigenvalue weighted by atomic mass is 9.99. The van der Waals surface area contributed by atoms with Gasteiger partial charge in [-0.3, -0.25) is 4.99 Å². The number of ether oxygens (including phenoxy) is 6. The highest BCUT2D eigenvalue weighted by molar-refractivity contribution is 5.91. The van der Waals surface area contributed by atoms with Gasteiger partial charge in [-0.15, -0.1) is 0 Å². The monoisotopic (exact) mass is 699 g/mol. The Hall–Kier alpha value is -5.29. The quantitative estimate of drug-likeness (QED) is 0.0476. The predicted octanol–water partition coefficient (Wildman–Crippen LogP) is 0.979. The first kappa shape index (κ1) is 37.5. The Balaban J connectivity index is 1.49. The van der Waals surface area contributed by atoms with E-state index in [1.165, 1.54) is 38.5 Å². The Morgan fingerprint density at radius 2 is 1.56 bits per heavy atom. The molecule has 0 radical (unpaired) electrons. The van der Waals surface area contributed by atoms with Crippen molar-refractivity contribution in [2.24, 2.45) is 16.5 Å². The summed E-state index contributed by atoms with van der Waals surface area (Å²) in [7, 11) is 2.59. The second-order valence-corrected chi connectivity index (χ2v) is 11.2. The molecule has 0 unspecified atom stereocenters. The van der Waals surface area contributed by atoms with Crippen molar-refractivity contribution in [2.75, 3.05) is 34.0 Å². The number of carbonyl (C=O) groups is 2. The molecule has 50 heavy (non-hydrogen) atoms. The first-order valence-corrected chi connectivity index (χ1v) is 15.5. The number of rotatable bonds is 16. The van der Waals surface area contributed by atoms with Gasteiger partial charge in [-0.1, -0.05) is 30.3 Å². The third-order valence-corrected chi connectivity index (χ3v) is 7.77. The lowest BCUT2D eigenvalue weighted by molar-refractivity contribution is -0.277. The zero-order valence-corrected chi connectivity index (χ0v) is 27.4. The summed E-state index contributed by atoms with van der Waals surface area (Å²) in [5.41, 5.74) is 12.0. The molecule has 16 heteroatoms. The molecular weight excluding hydrogens is 658 g/mol. The van der Waals surface area contributed by atoms with Crippen LogP contribution >= 0.6 is 0 Å². The van der Waals surface area contributed by atoms with Crippen LogP contribution in [0.1, 0.15) is 38.3 Å². The van der Waals surface area contributed by atoms with Crippen molar-refractivity contribution in [3.8, 4) is 28.7 Å². The van der Waals surface area contributed by atoms with Gasteiger partial charge >= 0.3 is 11.9 Å². The Kier molecular flexibility index (Phi) is 13.1. The molecule has 0 spiro atoms. The number of aryl methyl sites for hydroxylation is 1. The average molecular weight is 700 g/mol. The van der Waals surface area contributed by atoms with Crippen LogP contribution in [-0.2, 0) is 22.3 Å². The summed E-state index contributed by atoms with van der Waals surface area (Å²) in [5.74, 6) is -2.65. The van der Waals surface area contributed by atoms with Gasteiger partial charge in [-0.25, -0.2) is 9.59 Å². The van der Waals surface area contributed by atoms with Crippen molar-refractivity contribution in [3.63, 3.8) is 0 Å². The van der Waals surface area contributed by atoms with E-state index in [1.54, 1.807) is 0 Å².